The highest BCUT2D eigenvalue weighted by molar-refractivity contribution is 5.71. The van der Waals surface area contributed by atoms with Gasteiger partial charge in [0.25, 0.3) is 0 Å². The van der Waals surface area contributed by atoms with Crippen molar-refractivity contribution in [3.05, 3.63) is 12.2 Å². The van der Waals surface area contributed by atoms with Gasteiger partial charge >= 0.3 is 11.9 Å². The zero-order valence-corrected chi connectivity index (χ0v) is 6.86. The molecule has 68 valence electrons. The second kappa shape index (κ2) is 5.35. The molecule has 1 atom stereocenters. The Morgan fingerprint density at radius 1 is 1.42 bits per heavy atom. The van der Waals surface area contributed by atoms with Crippen LogP contribution in [-0.4, -0.2) is 22.2 Å². The molecule has 0 amide bonds. The molecule has 0 fully saturated rings. The van der Waals surface area contributed by atoms with E-state index in [-0.39, 0.29) is 6.42 Å². The molecule has 12 heavy (non-hydrogen) atoms. The highest BCUT2D eigenvalue weighted by Crippen LogP contribution is 1.99. The largest absolute Gasteiger partial charge is 0.481 e. The Balaban J connectivity index is 3.62. The third-order valence-electron chi connectivity index (χ3n) is 1.34. The summed E-state index contributed by atoms with van der Waals surface area (Å²) in [5, 5.41) is 16.7. The van der Waals surface area contributed by atoms with Gasteiger partial charge < -0.3 is 10.2 Å². The van der Waals surface area contributed by atoms with Crippen LogP contribution in [0.25, 0.3) is 0 Å². The second-order valence-corrected chi connectivity index (χ2v) is 2.49. The van der Waals surface area contributed by atoms with E-state index in [4.69, 9.17) is 10.2 Å². The summed E-state index contributed by atoms with van der Waals surface area (Å²) in [6.45, 7) is 1.54. The van der Waals surface area contributed by atoms with Crippen LogP contribution in [0, 0.1) is 5.92 Å². The van der Waals surface area contributed by atoms with Crippen molar-refractivity contribution >= 4 is 11.9 Å². The lowest BCUT2D eigenvalue weighted by atomic mass is 10.1. The minimum atomic E-state index is -0.901. The lowest BCUT2D eigenvalue weighted by Crippen LogP contribution is -2.05. The Bertz CT molecular complexity index is 195. The van der Waals surface area contributed by atoms with E-state index in [1.54, 1.807) is 13.0 Å². The molecule has 0 heterocycles. The summed E-state index contributed by atoms with van der Waals surface area (Å²) in [5.74, 6) is -2.32. The maximum atomic E-state index is 10.3. The molecule has 0 saturated heterocycles. The number of carbonyl (C=O) groups is 2. The molecule has 0 saturated carbocycles. The number of aliphatic carboxylic acids is 2. The molecule has 0 rings (SSSR count). The molecule has 4 heteroatoms. The molecule has 0 aromatic carbocycles. The number of carboxylic acid groups (broad SMARTS) is 2. The Labute approximate surface area is 70.5 Å². The van der Waals surface area contributed by atoms with Crippen molar-refractivity contribution in [1.82, 2.24) is 0 Å². The van der Waals surface area contributed by atoms with Crippen LogP contribution >= 0.6 is 0 Å². The quantitative estimate of drug-likeness (QED) is 0.609. The van der Waals surface area contributed by atoms with Gasteiger partial charge in [0.1, 0.15) is 0 Å². The fourth-order valence-electron chi connectivity index (χ4n) is 0.589. The summed E-state index contributed by atoms with van der Waals surface area (Å²) in [6, 6.07) is 0. The molecule has 0 aliphatic carbocycles. The topological polar surface area (TPSA) is 74.6 Å². The fourth-order valence-corrected chi connectivity index (χ4v) is 0.589. The van der Waals surface area contributed by atoms with Gasteiger partial charge in [-0.15, -0.1) is 0 Å². The summed E-state index contributed by atoms with van der Waals surface area (Å²) in [7, 11) is 0. The zero-order valence-electron chi connectivity index (χ0n) is 6.86. The number of carboxylic acids is 2. The van der Waals surface area contributed by atoms with Crippen LogP contribution in [0.1, 0.15) is 19.8 Å². The third-order valence-corrected chi connectivity index (χ3v) is 1.34. The lowest BCUT2D eigenvalue weighted by Gasteiger charge is -1.95. The minimum absolute atomic E-state index is 0.0445. The maximum Gasteiger partial charge on any atom is 0.310 e. The molecule has 0 aromatic rings. The van der Waals surface area contributed by atoms with Gasteiger partial charge in [0.2, 0.25) is 0 Å². The summed E-state index contributed by atoms with van der Waals surface area (Å²) < 4.78 is 0. The third kappa shape index (κ3) is 5.46. The van der Waals surface area contributed by atoms with E-state index in [0.29, 0.717) is 6.42 Å². The van der Waals surface area contributed by atoms with Crippen molar-refractivity contribution in [1.29, 1.82) is 0 Å². The number of allylic oxidation sites excluding steroid dienone is 1. The Morgan fingerprint density at radius 3 is 2.42 bits per heavy atom. The van der Waals surface area contributed by atoms with Gasteiger partial charge in [-0.2, -0.15) is 0 Å². The first-order valence-corrected chi connectivity index (χ1v) is 3.65. The van der Waals surface area contributed by atoms with Gasteiger partial charge in [-0.1, -0.05) is 12.2 Å². The Morgan fingerprint density at radius 2 is 2.00 bits per heavy atom. The Hall–Kier alpha value is -1.32. The Kier molecular flexibility index (Phi) is 4.76. The maximum absolute atomic E-state index is 10.3. The molecule has 0 radical (unpaired) electrons. The summed E-state index contributed by atoms with van der Waals surface area (Å²) in [4.78, 5) is 20.3. The normalized spacial score (nSPS) is 13.1. The molecule has 0 aliphatic heterocycles. The van der Waals surface area contributed by atoms with E-state index in [1.807, 2.05) is 0 Å². The monoisotopic (exact) mass is 172 g/mol. The van der Waals surface area contributed by atoms with Crippen LogP contribution in [0.15, 0.2) is 12.2 Å². The van der Waals surface area contributed by atoms with Crippen molar-refractivity contribution in [2.75, 3.05) is 0 Å². The van der Waals surface area contributed by atoms with Crippen LogP contribution in [0.5, 0.6) is 0 Å². The van der Waals surface area contributed by atoms with E-state index < -0.39 is 17.9 Å². The van der Waals surface area contributed by atoms with Gasteiger partial charge in [0, 0.05) is 6.42 Å². The fraction of sp³-hybridized carbons (Fsp3) is 0.500. The summed E-state index contributed by atoms with van der Waals surface area (Å²) >= 11 is 0. The molecular weight excluding hydrogens is 160 g/mol. The van der Waals surface area contributed by atoms with Gasteiger partial charge in [0.05, 0.1) is 5.92 Å². The van der Waals surface area contributed by atoms with E-state index >= 15 is 0 Å². The molecule has 2 N–H and O–H groups in total. The van der Waals surface area contributed by atoms with Gasteiger partial charge in [0.15, 0.2) is 0 Å². The lowest BCUT2D eigenvalue weighted by molar-refractivity contribution is -0.139. The van der Waals surface area contributed by atoms with Crippen molar-refractivity contribution in [2.45, 2.75) is 19.8 Å². The average molecular weight is 172 g/mol. The minimum Gasteiger partial charge on any atom is -0.481 e. The highest BCUT2D eigenvalue weighted by Gasteiger charge is 2.04. The number of hydrogen-bond donors (Lipinski definition) is 2. The van der Waals surface area contributed by atoms with Crippen molar-refractivity contribution in [3.63, 3.8) is 0 Å². The van der Waals surface area contributed by atoms with E-state index in [1.165, 1.54) is 6.08 Å². The first kappa shape index (κ1) is 10.7. The number of rotatable bonds is 5. The molecule has 0 aromatic heterocycles. The van der Waals surface area contributed by atoms with Crippen LogP contribution < -0.4 is 0 Å². The first-order valence-electron chi connectivity index (χ1n) is 3.65. The van der Waals surface area contributed by atoms with E-state index in [2.05, 4.69) is 0 Å². The SMILES string of the molecule is CC(/C=C/CCC(=O)O)C(=O)O. The van der Waals surface area contributed by atoms with Crippen molar-refractivity contribution in [2.24, 2.45) is 5.92 Å². The molecule has 4 nitrogen and oxygen atoms in total. The van der Waals surface area contributed by atoms with Crippen LogP contribution in [-0.2, 0) is 9.59 Å². The van der Waals surface area contributed by atoms with E-state index in [9.17, 15) is 9.59 Å². The van der Waals surface area contributed by atoms with Crippen molar-refractivity contribution < 1.29 is 19.8 Å². The summed E-state index contributed by atoms with van der Waals surface area (Å²) in [6.07, 6.45) is 3.49. The number of hydrogen-bond acceptors (Lipinski definition) is 2. The van der Waals surface area contributed by atoms with Gasteiger partial charge in [-0.25, -0.2) is 0 Å². The standard InChI is InChI=1S/C8H12O4/c1-6(8(11)12)4-2-3-5-7(9)10/h2,4,6H,3,5H2,1H3,(H,9,10)(H,11,12)/b4-2+. The van der Waals surface area contributed by atoms with Crippen LogP contribution in [0.3, 0.4) is 0 Å². The van der Waals surface area contributed by atoms with Gasteiger partial charge in [-0.3, -0.25) is 9.59 Å². The van der Waals surface area contributed by atoms with Crippen LogP contribution in [0.4, 0.5) is 0 Å². The average Bonchev–Trinajstić information content (AvgIpc) is 1.97. The molecule has 0 aliphatic rings. The van der Waals surface area contributed by atoms with Crippen LogP contribution in [0.2, 0.25) is 0 Å². The predicted octanol–water partition coefficient (Wildman–Crippen LogP) is 1.13. The molecule has 1 unspecified atom stereocenters. The van der Waals surface area contributed by atoms with Gasteiger partial charge in [-0.05, 0) is 13.3 Å². The molecule has 0 bridgehead atoms. The predicted molar refractivity (Wildman–Crippen MR) is 42.8 cm³/mol. The second-order valence-electron chi connectivity index (χ2n) is 2.49. The molecular formula is C8H12O4. The first-order chi connectivity index (χ1) is 5.54. The molecule has 0 spiro atoms. The highest BCUT2D eigenvalue weighted by atomic mass is 16.4. The zero-order chi connectivity index (χ0) is 9.56. The van der Waals surface area contributed by atoms with Crippen molar-refractivity contribution in [3.8, 4) is 0 Å². The smallest absolute Gasteiger partial charge is 0.310 e. The van der Waals surface area contributed by atoms with E-state index in [0.717, 1.165) is 0 Å². The summed E-state index contributed by atoms with van der Waals surface area (Å²) in [5.41, 5.74) is 0.